The third-order valence-electron chi connectivity index (χ3n) is 4.89. The monoisotopic (exact) mass is 297 g/mol. The van der Waals surface area contributed by atoms with Crippen LogP contribution in [0.2, 0.25) is 5.02 Å². The van der Waals surface area contributed by atoms with Gasteiger partial charge in [-0.05, 0) is 37.6 Å². The summed E-state index contributed by atoms with van der Waals surface area (Å²) in [5, 5.41) is 5.41. The van der Waals surface area contributed by atoms with E-state index < -0.39 is 0 Å². The second kappa shape index (κ2) is 6.95. The van der Waals surface area contributed by atoms with Gasteiger partial charge < -0.3 is 5.73 Å². The van der Waals surface area contributed by atoms with Crippen molar-refractivity contribution in [2.75, 3.05) is 6.54 Å². The first-order valence-corrected chi connectivity index (χ1v) is 8.40. The molecule has 4 heteroatoms. The van der Waals surface area contributed by atoms with Crippen molar-refractivity contribution in [2.24, 2.45) is 18.2 Å². The highest BCUT2D eigenvalue weighted by Crippen LogP contribution is 2.38. The van der Waals surface area contributed by atoms with Gasteiger partial charge in [-0.2, -0.15) is 5.10 Å². The molecule has 1 heterocycles. The molecule has 0 aromatic carbocycles. The molecule has 114 valence electrons. The number of nitrogens with zero attached hydrogens (tertiary/aromatic N) is 2. The summed E-state index contributed by atoms with van der Waals surface area (Å²) in [5.41, 5.74) is 8.59. The molecule has 0 unspecified atom stereocenters. The van der Waals surface area contributed by atoms with Crippen LogP contribution in [-0.2, 0) is 19.9 Å². The summed E-state index contributed by atoms with van der Waals surface area (Å²) in [4.78, 5) is 0. The number of rotatable bonds is 4. The molecule has 1 saturated carbocycles. The smallest absolute Gasteiger partial charge is 0.0849 e. The van der Waals surface area contributed by atoms with Gasteiger partial charge in [-0.15, -0.1) is 0 Å². The Balaban J connectivity index is 2.22. The van der Waals surface area contributed by atoms with E-state index in [9.17, 15) is 0 Å². The van der Waals surface area contributed by atoms with Gasteiger partial charge in [0.2, 0.25) is 0 Å². The molecule has 0 bridgehead atoms. The molecule has 0 amide bonds. The Labute approximate surface area is 127 Å². The van der Waals surface area contributed by atoms with Crippen LogP contribution in [0.3, 0.4) is 0 Å². The lowest BCUT2D eigenvalue weighted by Crippen LogP contribution is -2.34. The van der Waals surface area contributed by atoms with Gasteiger partial charge in [0.1, 0.15) is 0 Å². The van der Waals surface area contributed by atoms with Gasteiger partial charge in [0.05, 0.1) is 16.4 Å². The minimum Gasteiger partial charge on any atom is -0.330 e. The van der Waals surface area contributed by atoms with Crippen LogP contribution in [0.1, 0.15) is 63.3 Å². The average Bonchev–Trinajstić information content (AvgIpc) is 2.69. The van der Waals surface area contributed by atoms with Crippen LogP contribution in [0.15, 0.2) is 0 Å². The number of hydrogen-bond acceptors (Lipinski definition) is 2. The van der Waals surface area contributed by atoms with E-state index in [1.165, 1.54) is 50.6 Å². The maximum atomic E-state index is 6.52. The summed E-state index contributed by atoms with van der Waals surface area (Å²) in [5.74, 6) is 0. The Morgan fingerprint density at radius 2 is 1.80 bits per heavy atom. The Morgan fingerprint density at radius 3 is 2.30 bits per heavy atom. The summed E-state index contributed by atoms with van der Waals surface area (Å²) >= 11 is 6.52. The van der Waals surface area contributed by atoms with Gasteiger partial charge in [-0.3, -0.25) is 4.68 Å². The molecule has 3 nitrogen and oxygen atoms in total. The lowest BCUT2D eigenvalue weighted by molar-refractivity contribution is 0.213. The summed E-state index contributed by atoms with van der Waals surface area (Å²) < 4.78 is 1.97. The van der Waals surface area contributed by atoms with Crippen molar-refractivity contribution in [1.29, 1.82) is 0 Å². The average molecular weight is 298 g/mol. The molecule has 2 rings (SSSR count). The first-order chi connectivity index (χ1) is 9.62. The standard InChI is InChI=1S/C16H28ClN3/c1-3-13-15(17)14(20(2)19-13)11-16(12-18)9-7-5-4-6-8-10-16/h3-12,18H2,1-2H3. The van der Waals surface area contributed by atoms with Crippen LogP contribution >= 0.6 is 11.6 Å². The zero-order valence-corrected chi connectivity index (χ0v) is 13.7. The number of nitrogens with two attached hydrogens (primary N) is 1. The zero-order chi connectivity index (χ0) is 14.6. The highest BCUT2D eigenvalue weighted by molar-refractivity contribution is 6.31. The highest BCUT2D eigenvalue weighted by Gasteiger charge is 2.31. The Hall–Kier alpha value is -0.540. The van der Waals surface area contributed by atoms with Gasteiger partial charge in [0.15, 0.2) is 0 Å². The molecule has 20 heavy (non-hydrogen) atoms. The Bertz CT molecular complexity index is 431. The van der Waals surface area contributed by atoms with Gasteiger partial charge in [-0.25, -0.2) is 0 Å². The zero-order valence-electron chi connectivity index (χ0n) is 12.9. The van der Waals surface area contributed by atoms with E-state index in [0.717, 1.165) is 30.1 Å². The minimum atomic E-state index is 0.225. The summed E-state index contributed by atoms with van der Waals surface area (Å²) in [6, 6.07) is 0. The molecular weight excluding hydrogens is 270 g/mol. The van der Waals surface area contributed by atoms with Crippen LogP contribution in [0.5, 0.6) is 0 Å². The minimum absolute atomic E-state index is 0.225. The molecule has 0 radical (unpaired) electrons. The van der Waals surface area contributed by atoms with Crippen molar-refractivity contribution in [3.05, 3.63) is 16.4 Å². The van der Waals surface area contributed by atoms with Gasteiger partial charge >= 0.3 is 0 Å². The fourth-order valence-corrected chi connectivity index (χ4v) is 3.84. The molecule has 2 N–H and O–H groups in total. The third kappa shape index (κ3) is 3.37. The molecule has 0 aliphatic heterocycles. The third-order valence-corrected chi connectivity index (χ3v) is 5.33. The number of hydrogen-bond donors (Lipinski definition) is 1. The topological polar surface area (TPSA) is 43.8 Å². The second-order valence-electron chi connectivity index (χ2n) is 6.33. The van der Waals surface area contributed by atoms with Crippen molar-refractivity contribution < 1.29 is 0 Å². The predicted molar refractivity (Wildman–Crippen MR) is 85.1 cm³/mol. The van der Waals surface area contributed by atoms with E-state index in [0.29, 0.717) is 0 Å². The lowest BCUT2D eigenvalue weighted by Gasteiger charge is -2.34. The van der Waals surface area contributed by atoms with Crippen LogP contribution in [0.4, 0.5) is 0 Å². The van der Waals surface area contributed by atoms with Crippen LogP contribution < -0.4 is 5.73 Å². The maximum absolute atomic E-state index is 6.52. The first-order valence-electron chi connectivity index (χ1n) is 8.02. The maximum Gasteiger partial charge on any atom is 0.0849 e. The quantitative estimate of drug-likeness (QED) is 0.917. The van der Waals surface area contributed by atoms with Crippen molar-refractivity contribution in [2.45, 2.75) is 64.7 Å². The SMILES string of the molecule is CCc1nn(C)c(CC2(CN)CCCCCCC2)c1Cl. The second-order valence-corrected chi connectivity index (χ2v) is 6.71. The molecule has 1 aromatic rings. The van der Waals surface area contributed by atoms with Crippen molar-refractivity contribution in [3.8, 4) is 0 Å². The Morgan fingerprint density at radius 1 is 1.20 bits per heavy atom. The molecule has 1 fully saturated rings. The van der Waals surface area contributed by atoms with Crippen LogP contribution in [0.25, 0.3) is 0 Å². The van der Waals surface area contributed by atoms with E-state index in [-0.39, 0.29) is 5.41 Å². The first kappa shape index (κ1) is 15.8. The molecule has 0 saturated heterocycles. The van der Waals surface area contributed by atoms with Gasteiger partial charge in [-0.1, -0.05) is 50.6 Å². The predicted octanol–water partition coefficient (Wildman–Crippen LogP) is 3.87. The van der Waals surface area contributed by atoms with Crippen molar-refractivity contribution >= 4 is 11.6 Å². The fourth-order valence-electron chi connectivity index (χ4n) is 3.48. The van der Waals surface area contributed by atoms with E-state index in [4.69, 9.17) is 17.3 Å². The lowest BCUT2D eigenvalue weighted by atomic mass is 9.73. The van der Waals surface area contributed by atoms with Crippen LogP contribution in [0, 0.1) is 5.41 Å². The summed E-state index contributed by atoms with van der Waals surface area (Å²) in [7, 11) is 2.01. The molecule has 1 aliphatic rings. The summed E-state index contributed by atoms with van der Waals surface area (Å²) in [6.07, 6.45) is 11.0. The van der Waals surface area contributed by atoms with Crippen molar-refractivity contribution in [1.82, 2.24) is 9.78 Å². The normalized spacial score (nSPS) is 19.6. The molecule has 0 spiro atoms. The van der Waals surface area contributed by atoms with Gasteiger partial charge in [0.25, 0.3) is 0 Å². The van der Waals surface area contributed by atoms with E-state index >= 15 is 0 Å². The van der Waals surface area contributed by atoms with Crippen LogP contribution in [-0.4, -0.2) is 16.3 Å². The van der Waals surface area contributed by atoms with E-state index in [1.807, 2.05) is 11.7 Å². The molecule has 1 aliphatic carbocycles. The highest BCUT2D eigenvalue weighted by atomic mass is 35.5. The van der Waals surface area contributed by atoms with Crippen molar-refractivity contribution in [3.63, 3.8) is 0 Å². The number of halogens is 1. The molecular formula is C16H28ClN3. The summed E-state index contributed by atoms with van der Waals surface area (Å²) in [6.45, 7) is 2.86. The molecule has 0 atom stereocenters. The fraction of sp³-hybridized carbons (Fsp3) is 0.812. The Kier molecular flexibility index (Phi) is 5.50. The largest absolute Gasteiger partial charge is 0.330 e. The van der Waals surface area contributed by atoms with E-state index in [2.05, 4.69) is 12.0 Å². The number of aromatic nitrogens is 2. The molecule has 1 aromatic heterocycles. The number of aryl methyl sites for hydroxylation is 2. The van der Waals surface area contributed by atoms with Gasteiger partial charge in [0, 0.05) is 7.05 Å². The van der Waals surface area contributed by atoms with E-state index in [1.54, 1.807) is 0 Å².